The summed E-state index contributed by atoms with van der Waals surface area (Å²) in [6.07, 6.45) is -4.41. The molecule has 2 saturated heterocycles. The SMILES string of the molecule is Cc1cc(C)c(C(F)(F)F)c(C2Cc3nc(OC[C@@H]4CCCN4C)nc(N4CCN(C(=O)OC(C)(C)C)[C@@H](C)C4)c3CO2)c1F. The summed E-state index contributed by atoms with van der Waals surface area (Å²) >= 11 is 0. The van der Waals surface area contributed by atoms with Gasteiger partial charge in [-0.1, -0.05) is 6.07 Å². The Balaban J connectivity index is 1.48. The van der Waals surface area contributed by atoms with Crippen molar-refractivity contribution in [3.05, 3.63) is 45.4 Å². The number of benzene rings is 1. The van der Waals surface area contributed by atoms with Gasteiger partial charge in [-0.05, 0) is 79.1 Å². The second-order valence-corrected chi connectivity index (χ2v) is 13.4. The number of fused-ring (bicyclic) bond motifs is 1. The number of anilines is 1. The number of amides is 1. The van der Waals surface area contributed by atoms with E-state index in [2.05, 4.69) is 9.88 Å². The molecule has 3 aliphatic rings. The normalized spacial score (nSPS) is 22.9. The Kier molecular flexibility index (Phi) is 9.25. The summed E-state index contributed by atoms with van der Waals surface area (Å²) in [5.41, 5.74) is -1.01. The van der Waals surface area contributed by atoms with Gasteiger partial charge in [0.05, 0.1) is 24.0 Å². The van der Waals surface area contributed by atoms with Crippen molar-refractivity contribution >= 4 is 11.9 Å². The van der Waals surface area contributed by atoms with Gasteiger partial charge in [0, 0.05) is 49.3 Å². The van der Waals surface area contributed by atoms with Crippen LogP contribution in [0, 0.1) is 19.7 Å². The number of halogens is 4. The molecule has 1 amide bonds. The number of piperazine rings is 1. The lowest BCUT2D eigenvalue weighted by Gasteiger charge is -2.41. The summed E-state index contributed by atoms with van der Waals surface area (Å²) < 4.78 is 75.8. The number of likely N-dealkylation sites (tertiary alicyclic amines) is 1. The molecule has 0 radical (unpaired) electrons. The average molecular weight is 638 g/mol. The molecular weight excluding hydrogens is 594 g/mol. The summed E-state index contributed by atoms with van der Waals surface area (Å²) in [5, 5.41) is 0. The fourth-order valence-corrected chi connectivity index (χ4v) is 6.52. The zero-order valence-corrected chi connectivity index (χ0v) is 27.1. The number of hydrogen-bond acceptors (Lipinski definition) is 8. The molecule has 45 heavy (non-hydrogen) atoms. The van der Waals surface area contributed by atoms with E-state index in [9.17, 15) is 18.0 Å². The fourth-order valence-electron chi connectivity index (χ4n) is 6.52. The van der Waals surface area contributed by atoms with Crippen molar-refractivity contribution in [1.29, 1.82) is 0 Å². The van der Waals surface area contributed by atoms with Gasteiger partial charge in [-0.3, -0.25) is 0 Å². The highest BCUT2D eigenvalue weighted by Gasteiger charge is 2.42. The minimum absolute atomic E-state index is 0.0595. The first-order chi connectivity index (χ1) is 21.0. The van der Waals surface area contributed by atoms with E-state index < -0.39 is 40.9 Å². The Hall–Kier alpha value is -3.19. The highest BCUT2D eigenvalue weighted by atomic mass is 19.4. The number of aromatic nitrogens is 2. The molecule has 5 rings (SSSR count). The fraction of sp³-hybridized carbons (Fsp3) is 0.656. The Morgan fingerprint density at radius 1 is 1.11 bits per heavy atom. The van der Waals surface area contributed by atoms with Crippen LogP contribution in [-0.4, -0.2) is 83.4 Å². The summed E-state index contributed by atoms with van der Waals surface area (Å²) in [4.78, 5) is 28.2. The van der Waals surface area contributed by atoms with Gasteiger partial charge in [-0.2, -0.15) is 23.1 Å². The van der Waals surface area contributed by atoms with Crippen molar-refractivity contribution in [1.82, 2.24) is 19.8 Å². The van der Waals surface area contributed by atoms with Crippen LogP contribution in [0.15, 0.2) is 6.07 Å². The number of nitrogens with zero attached hydrogens (tertiary/aromatic N) is 5. The average Bonchev–Trinajstić information content (AvgIpc) is 3.35. The van der Waals surface area contributed by atoms with Crippen LogP contribution in [0.25, 0.3) is 0 Å². The molecule has 0 bridgehead atoms. The third kappa shape index (κ3) is 7.14. The van der Waals surface area contributed by atoms with Gasteiger partial charge in [0.25, 0.3) is 0 Å². The zero-order valence-electron chi connectivity index (χ0n) is 27.1. The number of ether oxygens (including phenoxy) is 3. The van der Waals surface area contributed by atoms with Crippen molar-refractivity contribution in [2.24, 2.45) is 0 Å². The molecule has 2 aromatic rings. The van der Waals surface area contributed by atoms with E-state index in [-0.39, 0.29) is 42.2 Å². The summed E-state index contributed by atoms with van der Waals surface area (Å²) in [5.74, 6) is -0.385. The van der Waals surface area contributed by atoms with E-state index in [1.54, 1.807) is 4.90 Å². The minimum Gasteiger partial charge on any atom is -0.462 e. The monoisotopic (exact) mass is 637 g/mol. The van der Waals surface area contributed by atoms with Crippen LogP contribution in [0.4, 0.5) is 28.2 Å². The first-order valence-corrected chi connectivity index (χ1v) is 15.5. The van der Waals surface area contributed by atoms with Gasteiger partial charge in [-0.25, -0.2) is 9.18 Å². The van der Waals surface area contributed by atoms with Gasteiger partial charge in [-0.15, -0.1) is 0 Å². The van der Waals surface area contributed by atoms with Crippen LogP contribution >= 0.6 is 0 Å². The molecule has 0 N–H and O–H groups in total. The lowest BCUT2D eigenvalue weighted by molar-refractivity contribution is -0.140. The van der Waals surface area contributed by atoms with Crippen LogP contribution in [0.1, 0.15) is 80.2 Å². The summed E-state index contributed by atoms with van der Waals surface area (Å²) in [6.45, 7) is 12.6. The molecular formula is C32H43F4N5O4. The van der Waals surface area contributed by atoms with Crippen molar-refractivity contribution < 1.29 is 36.6 Å². The lowest BCUT2D eigenvalue weighted by atomic mass is 9.90. The highest BCUT2D eigenvalue weighted by molar-refractivity contribution is 5.69. The largest absolute Gasteiger partial charge is 0.462 e. The number of alkyl halides is 3. The number of carbonyl (C=O) groups excluding carboxylic acids is 1. The van der Waals surface area contributed by atoms with Gasteiger partial charge in [0.15, 0.2) is 0 Å². The first kappa shape index (κ1) is 33.2. The molecule has 248 valence electrons. The van der Waals surface area contributed by atoms with Gasteiger partial charge in [0.2, 0.25) is 0 Å². The van der Waals surface area contributed by atoms with E-state index in [0.29, 0.717) is 43.3 Å². The third-order valence-electron chi connectivity index (χ3n) is 8.77. The predicted molar refractivity (Wildman–Crippen MR) is 160 cm³/mol. The Labute approximate surface area is 261 Å². The number of hydrogen-bond donors (Lipinski definition) is 0. The van der Waals surface area contributed by atoms with Gasteiger partial charge >= 0.3 is 18.3 Å². The molecule has 0 aliphatic carbocycles. The van der Waals surface area contributed by atoms with Crippen molar-refractivity contribution in [3.63, 3.8) is 0 Å². The molecule has 1 aromatic carbocycles. The van der Waals surface area contributed by atoms with E-state index in [1.165, 1.54) is 19.9 Å². The number of carbonyl (C=O) groups is 1. The number of rotatable bonds is 5. The Morgan fingerprint density at radius 3 is 2.47 bits per heavy atom. The van der Waals surface area contributed by atoms with E-state index in [1.807, 2.05) is 39.6 Å². The second kappa shape index (κ2) is 12.5. The smallest absolute Gasteiger partial charge is 0.417 e. The Bertz CT molecular complexity index is 1430. The van der Waals surface area contributed by atoms with E-state index in [0.717, 1.165) is 19.4 Å². The van der Waals surface area contributed by atoms with E-state index >= 15 is 4.39 Å². The first-order valence-electron chi connectivity index (χ1n) is 15.5. The quantitative estimate of drug-likeness (QED) is 0.371. The summed E-state index contributed by atoms with van der Waals surface area (Å²) in [6, 6.07) is 1.30. The topological polar surface area (TPSA) is 80.3 Å². The standard InChI is InChI=1S/C32H43F4N5O4/c1-18-13-19(2)27(33)25(26(18)32(34,35)36)24-14-23-22(17-43-24)28(38-29(37-23)44-16-21-9-8-10-39(21)7)40-11-12-41(20(3)15-40)30(42)45-31(4,5)6/h13,20-21,24H,8-12,14-17H2,1-7H3/t20-,21-,24?/m0/s1. The van der Waals surface area contributed by atoms with E-state index in [4.69, 9.17) is 19.2 Å². The number of likely N-dealkylation sites (N-methyl/N-ethyl adjacent to an activating group) is 1. The van der Waals surface area contributed by atoms with Gasteiger partial charge < -0.3 is 28.9 Å². The maximum absolute atomic E-state index is 15.5. The van der Waals surface area contributed by atoms with Crippen LogP contribution in [-0.2, 0) is 28.7 Å². The Morgan fingerprint density at radius 2 is 1.84 bits per heavy atom. The van der Waals surface area contributed by atoms with Gasteiger partial charge in [0.1, 0.15) is 23.8 Å². The van der Waals surface area contributed by atoms with Crippen molar-refractivity contribution in [3.8, 4) is 6.01 Å². The predicted octanol–water partition coefficient (Wildman–Crippen LogP) is 5.98. The summed E-state index contributed by atoms with van der Waals surface area (Å²) in [7, 11) is 2.03. The molecule has 3 atom stereocenters. The van der Waals surface area contributed by atoms with Crippen molar-refractivity contribution in [2.75, 3.05) is 44.7 Å². The molecule has 13 heteroatoms. The van der Waals surface area contributed by atoms with Crippen LogP contribution in [0.3, 0.4) is 0 Å². The lowest BCUT2D eigenvalue weighted by Crippen LogP contribution is -2.55. The molecule has 1 aromatic heterocycles. The van der Waals surface area contributed by atoms with Crippen LogP contribution < -0.4 is 9.64 Å². The molecule has 3 aliphatic heterocycles. The maximum Gasteiger partial charge on any atom is 0.417 e. The van der Waals surface area contributed by atoms with Crippen LogP contribution in [0.5, 0.6) is 6.01 Å². The number of aryl methyl sites for hydroxylation is 2. The molecule has 1 unspecified atom stereocenters. The highest BCUT2D eigenvalue weighted by Crippen LogP contribution is 2.44. The molecule has 2 fully saturated rings. The molecule has 4 heterocycles. The second-order valence-electron chi connectivity index (χ2n) is 13.4. The molecule has 0 spiro atoms. The minimum atomic E-state index is -4.76. The van der Waals surface area contributed by atoms with Crippen molar-refractivity contribution in [2.45, 2.75) is 97.4 Å². The molecule has 9 nitrogen and oxygen atoms in total. The zero-order chi connectivity index (χ0) is 32.8. The van der Waals surface area contributed by atoms with Crippen LogP contribution in [0.2, 0.25) is 0 Å². The third-order valence-corrected chi connectivity index (χ3v) is 8.77. The molecule has 0 saturated carbocycles. The maximum atomic E-state index is 15.5.